The van der Waals surface area contributed by atoms with Gasteiger partial charge in [0, 0.05) is 19.2 Å². The number of nitrogens with zero attached hydrogens (tertiary/aromatic N) is 1. The maximum Gasteiger partial charge on any atom is 0.253 e. The normalized spacial score (nSPS) is 11.7. The van der Waals surface area contributed by atoms with Crippen LogP contribution in [0.25, 0.3) is 0 Å². The molecule has 0 saturated carbocycles. The fourth-order valence-corrected chi connectivity index (χ4v) is 2.05. The Bertz CT molecular complexity index is 466. The molecule has 1 atom stereocenters. The Hall–Kier alpha value is -1.95. The monoisotopic (exact) mass is 296 g/mol. The van der Waals surface area contributed by atoms with Gasteiger partial charge in [0.2, 0.25) is 5.75 Å². The Morgan fingerprint density at radius 2 is 1.71 bits per heavy atom. The van der Waals surface area contributed by atoms with Gasteiger partial charge in [0.25, 0.3) is 5.91 Å². The number of ether oxygens (including phenoxy) is 3. The summed E-state index contributed by atoms with van der Waals surface area (Å²) < 4.78 is 15.8. The molecule has 0 aliphatic heterocycles. The van der Waals surface area contributed by atoms with Crippen molar-refractivity contribution in [2.45, 2.75) is 6.92 Å². The van der Waals surface area contributed by atoms with E-state index in [2.05, 4.69) is 0 Å². The van der Waals surface area contributed by atoms with Gasteiger partial charge in [-0.3, -0.25) is 4.79 Å². The smallest absolute Gasteiger partial charge is 0.253 e. The van der Waals surface area contributed by atoms with E-state index >= 15 is 0 Å². The summed E-state index contributed by atoms with van der Waals surface area (Å²) in [5.41, 5.74) is 6.08. The lowest BCUT2D eigenvalue weighted by molar-refractivity contribution is 0.0776. The number of hydrogen-bond acceptors (Lipinski definition) is 5. The summed E-state index contributed by atoms with van der Waals surface area (Å²) in [6.07, 6.45) is 0. The zero-order valence-corrected chi connectivity index (χ0v) is 13.3. The van der Waals surface area contributed by atoms with E-state index in [-0.39, 0.29) is 11.8 Å². The molecule has 1 aromatic rings. The van der Waals surface area contributed by atoms with Crippen LogP contribution in [0.1, 0.15) is 17.3 Å². The van der Waals surface area contributed by atoms with Crippen molar-refractivity contribution in [1.82, 2.24) is 4.90 Å². The minimum Gasteiger partial charge on any atom is -0.493 e. The standard InChI is InChI=1S/C15H24N2O4/c1-10(8-16)9-17(2)15(18)11-6-12(19-3)14(21-5)13(7-11)20-4/h6-7,10H,8-9,16H2,1-5H3. The zero-order valence-electron chi connectivity index (χ0n) is 13.3. The van der Waals surface area contributed by atoms with Crippen LogP contribution < -0.4 is 19.9 Å². The van der Waals surface area contributed by atoms with Crippen molar-refractivity contribution in [3.63, 3.8) is 0 Å². The molecule has 1 unspecified atom stereocenters. The molecule has 0 radical (unpaired) electrons. The van der Waals surface area contributed by atoms with Crippen LogP contribution in [0, 0.1) is 5.92 Å². The van der Waals surface area contributed by atoms with Crippen LogP contribution >= 0.6 is 0 Å². The van der Waals surface area contributed by atoms with Gasteiger partial charge in [0.1, 0.15) is 0 Å². The minimum absolute atomic E-state index is 0.116. The van der Waals surface area contributed by atoms with Gasteiger partial charge in [0.05, 0.1) is 21.3 Å². The molecule has 0 aromatic heterocycles. The molecule has 0 saturated heterocycles. The van der Waals surface area contributed by atoms with Crippen molar-refractivity contribution in [3.05, 3.63) is 17.7 Å². The molecule has 6 nitrogen and oxygen atoms in total. The summed E-state index contributed by atoms with van der Waals surface area (Å²) in [5.74, 6) is 1.51. The van der Waals surface area contributed by atoms with Crippen LogP contribution in [0.3, 0.4) is 0 Å². The molecule has 0 bridgehead atoms. The summed E-state index contributed by atoms with van der Waals surface area (Å²) in [6, 6.07) is 3.29. The molecule has 6 heteroatoms. The summed E-state index contributed by atoms with van der Waals surface area (Å²) in [4.78, 5) is 14.1. The molecule has 0 spiro atoms. The lowest BCUT2D eigenvalue weighted by Gasteiger charge is -2.22. The van der Waals surface area contributed by atoms with Crippen LogP contribution in [0.2, 0.25) is 0 Å². The second-order valence-electron chi connectivity index (χ2n) is 4.94. The van der Waals surface area contributed by atoms with E-state index in [4.69, 9.17) is 19.9 Å². The van der Waals surface area contributed by atoms with Crippen molar-refractivity contribution in [2.75, 3.05) is 41.5 Å². The predicted octanol–water partition coefficient (Wildman–Crippen LogP) is 1.38. The summed E-state index contributed by atoms with van der Waals surface area (Å²) in [6.45, 7) is 3.12. The number of amides is 1. The molecule has 1 amide bonds. The van der Waals surface area contributed by atoms with Crippen LogP contribution in [0.15, 0.2) is 12.1 Å². The molecule has 2 N–H and O–H groups in total. The second-order valence-corrected chi connectivity index (χ2v) is 4.94. The SMILES string of the molecule is COc1cc(C(=O)N(C)CC(C)CN)cc(OC)c1OC. The van der Waals surface area contributed by atoms with Crippen molar-refractivity contribution in [2.24, 2.45) is 11.7 Å². The molecule has 0 aliphatic carbocycles. The number of hydrogen-bond donors (Lipinski definition) is 1. The van der Waals surface area contributed by atoms with Crippen molar-refractivity contribution >= 4 is 5.91 Å². The quantitative estimate of drug-likeness (QED) is 0.823. The molecule has 0 fully saturated rings. The van der Waals surface area contributed by atoms with Crippen molar-refractivity contribution in [3.8, 4) is 17.2 Å². The highest BCUT2D eigenvalue weighted by atomic mass is 16.5. The van der Waals surface area contributed by atoms with E-state index in [0.29, 0.717) is 35.9 Å². The first-order valence-corrected chi connectivity index (χ1v) is 6.74. The Labute approximate surface area is 125 Å². The van der Waals surface area contributed by atoms with E-state index in [1.54, 1.807) is 24.1 Å². The third kappa shape index (κ3) is 4.01. The number of carbonyl (C=O) groups is 1. The molecule has 118 valence electrons. The Kier molecular flexibility index (Phi) is 6.30. The number of benzene rings is 1. The first-order chi connectivity index (χ1) is 9.98. The molecular weight excluding hydrogens is 272 g/mol. The number of carbonyl (C=O) groups excluding carboxylic acids is 1. The third-order valence-electron chi connectivity index (χ3n) is 3.25. The Balaban J connectivity index is 3.09. The first kappa shape index (κ1) is 17.1. The predicted molar refractivity (Wildman–Crippen MR) is 81.3 cm³/mol. The highest BCUT2D eigenvalue weighted by Crippen LogP contribution is 2.38. The first-order valence-electron chi connectivity index (χ1n) is 6.74. The lowest BCUT2D eigenvalue weighted by Crippen LogP contribution is -2.33. The highest BCUT2D eigenvalue weighted by molar-refractivity contribution is 5.95. The van der Waals surface area contributed by atoms with Crippen LogP contribution in [0.4, 0.5) is 0 Å². The van der Waals surface area contributed by atoms with Gasteiger partial charge >= 0.3 is 0 Å². The Morgan fingerprint density at radius 1 is 1.19 bits per heavy atom. The van der Waals surface area contributed by atoms with Gasteiger partial charge in [0.15, 0.2) is 11.5 Å². The van der Waals surface area contributed by atoms with Gasteiger partial charge in [-0.05, 0) is 24.6 Å². The van der Waals surface area contributed by atoms with E-state index in [0.717, 1.165) is 0 Å². The van der Waals surface area contributed by atoms with Gasteiger partial charge < -0.3 is 24.8 Å². The largest absolute Gasteiger partial charge is 0.493 e. The van der Waals surface area contributed by atoms with Crippen LogP contribution in [-0.2, 0) is 0 Å². The van der Waals surface area contributed by atoms with Gasteiger partial charge in [-0.25, -0.2) is 0 Å². The third-order valence-corrected chi connectivity index (χ3v) is 3.25. The van der Waals surface area contributed by atoms with Gasteiger partial charge in [-0.15, -0.1) is 0 Å². The molecule has 21 heavy (non-hydrogen) atoms. The fraction of sp³-hybridized carbons (Fsp3) is 0.533. The summed E-state index contributed by atoms with van der Waals surface area (Å²) >= 11 is 0. The summed E-state index contributed by atoms with van der Waals surface area (Å²) in [5, 5.41) is 0. The van der Waals surface area contributed by atoms with E-state index < -0.39 is 0 Å². The number of rotatable bonds is 7. The maximum absolute atomic E-state index is 12.5. The van der Waals surface area contributed by atoms with E-state index in [1.807, 2.05) is 6.92 Å². The van der Waals surface area contributed by atoms with Crippen molar-refractivity contribution < 1.29 is 19.0 Å². The molecule has 1 rings (SSSR count). The molecule has 1 aromatic carbocycles. The average Bonchev–Trinajstić information content (AvgIpc) is 2.52. The average molecular weight is 296 g/mol. The zero-order chi connectivity index (χ0) is 16.0. The van der Waals surface area contributed by atoms with E-state index in [1.165, 1.54) is 21.3 Å². The van der Waals surface area contributed by atoms with Crippen molar-refractivity contribution in [1.29, 1.82) is 0 Å². The Morgan fingerprint density at radius 3 is 2.10 bits per heavy atom. The second kappa shape index (κ2) is 7.73. The van der Waals surface area contributed by atoms with Gasteiger partial charge in [-0.2, -0.15) is 0 Å². The minimum atomic E-state index is -0.116. The van der Waals surface area contributed by atoms with Crippen LogP contribution in [-0.4, -0.2) is 52.3 Å². The fourth-order valence-electron chi connectivity index (χ4n) is 2.05. The highest BCUT2D eigenvalue weighted by Gasteiger charge is 2.20. The topological polar surface area (TPSA) is 74.0 Å². The molecular formula is C15H24N2O4. The van der Waals surface area contributed by atoms with Gasteiger partial charge in [-0.1, -0.05) is 6.92 Å². The number of nitrogens with two attached hydrogens (primary N) is 1. The summed E-state index contributed by atoms with van der Waals surface area (Å²) in [7, 11) is 6.31. The lowest BCUT2D eigenvalue weighted by atomic mass is 10.1. The molecule has 0 heterocycles. The number of methoxy groups -OCH3 is 3. The maximum atomic E-state index is 12.5. The van der Waals surface area contributed by atoms with Crippen LogP contribution in [0.5, 0.6) is 17.2 Å². The van der Waals surface area contributed by atoms with E-state index in [9.17, 15) is 4.79 Å². The molecule has 0 aliphatic rings.